The fourth-order valence-corrected chi connectivity index (χ4v) is 4.97. The van der Waals surface area contributed by atoms with Crippen molar-refractivity contribution in [2.45, 2.75) is 13.5 Å². The summed E-state index contributed by atoms with van der Waals surface area (Å²) in [5.41, 5.74) is 2.69. The zero-order valence-electron chi connectivity index (χ0n) is 20.3. The Morgan fingerprint density at radius 1 is 1.11 bits per heavy atom. The number of amides is 1. The van der Waals surface area contributed by atoms with Crippen LogP contribution in [-0.2, 0) is 16.1 Å². The molecule has 1 aromatic carbocycles. The normalized spacial score (nSPS) is 10.9. The largest absolute Gasteiger partial charge is 0.451 e. The van der Waals surface area contributed by atoms with Crippen LogP contribution in [0.3, 0.4) is 0 Å². The molecule has 0 spiro atoms. The number of nitrogens with one attached hydrogen (secondary N) is 1. The average molecular weight is 538 g/mol. The maximum absolute atomic E-state index is 13.7. The van der Waals surface area contributed by atoms with Crippen molar-refractivity contribution in [3.8, 4) is 0 Å². The van der Waals surface area contributed by atoms with Crippen LogP contribution in [0.2, 0.25) is 0 Å². The van der Waals surface area contributed by atoms with Gasteiger partial charge in [-0.2, -0.15) is 0 Å². The van der Waals surface area contributed by atoms with E-state index in [0.717, 1.165) is 21.7 Å². The fourth-order valence-electron chi connectivity index (χ4n) is 4.03. The Bertz CT molecular complexity index is 1630. The van der Waals surface area contributed by atoms with Crippen LogP contribution >= 0.6 is 23.7 Å². The van der Waals surface area contributed by atoms with Crippen LogP contribution in [0.4, 0.5) is 0 Å². The van der Waals surface area contributed by atoms with Gasteiger partial charge in [0.25, 0.3) is 5.91 Å². The summed E-state index contributed by atoms with van der Waals surface area (Å²) in [5, 5.41) is 0.618. The number of fused-ring (bicyclic) bond motifs is 2. The maximum Gasteiger partial charge on any atom is 0.356 e. The van der Waals surface area contributed by atoms with E-state index in [2.05, 4.69) is 19.5 Å². The van der Waals surface area contributed by atoms with Gasteiger partial charge >= 0.3 is 5.97 Å². The number of carbonyl (C=O) groups is 3. The summed E-state index contributed by atoms with van der Waals surface area (Å²) in [5.74, 6) is -0.539. The molecule has 0 aliphatic heterocycles. The number of aromatic nitrogens is 4. The summed E-state index contributed by atoms with van der Waals surface area (Å²) >= 11 is 1.37. The molecule has 0 fully saturated rings. The molecule has 0 saturated heterocycles. The van der Waals surface area contributed by atoms with E-state index in [1.807, 2.05) is 25.1 Å². The predicted octanol–water partition coefficient (Wildman–Crippen LogP) is 4.23. The Morgan fingerprint density at radius 3 is 2.68 bits per heavy atom. The summed E-state index contributed by atoms with van der Waals surface area (Å²) in [6.45, 7) is 2.08. The smallest absolute Gasteiger partial charge is 0.356 e. The van der Waals surface area contributed by atoms with Gasteiger partial charge in [0, 0.05) is 36.1 Å². The third-order valence-electron chi connectivity index (χ3n) is 5.90. The molecule has 1 N–H and O–H groups in total. The molecule has 37 heavy (non-hydrogen) atoms. The highest BCUT2D eigenvalue weighted by Crippen LogP contribution is 2.29. The number of hydrogen-bond donors (Lipinski definition) is 1. The third kappa shape index (κ3) is 4.98. The van der Waals surface area contributed by atoms with E-state index >= 15 is 0 Å². The van der Waals surface area contributed by atoms with Gasteiger partial charge in [-0.3, -0.25) is 14.6 Å². The number of carbonyl (C=O) groups excluding carboxylic acids is 3. The van der Waals surface area contributed by atoms with E-state index in [0.29, 0.717) is 22.3 Å². The standard InChI is InChI=1S/C26H23N5O4S.ClH/c1-15-28-19-12-27-11-10-20(19)31(15)13-16-8-9-21(36-16)25(33)23-17-6-4-5-7-18(17)29-24(23)26(34)35-14-22(32)30(2)3;/h4-12,29H,13-14H2,1-3H3;1H. The minimum absolute atomic E-state index is 0. The number of thiophene rings is 1. The van der Waals surface area contributed by atoms with Crippen LogP contribution in [0.5, 0.6) is 0 Å². The molecule has 0 aliphatic carbocycles. The number of ketones is 1. The highest BCUT2D eigenvalue weighted by atomic mass is 35.5. The van der Waals surface area contributed by atoms with E-state index in [1.54, 1.807) is 50.8 Å². The maximum atomic E-state index is 13.7. The van der Waals surface area contributed by atoms with Crippen LogP contribution < -0.4 is 0 Å². The first kappa shape index (κ1) is 26.1. The quantitative estimate of drug-likeness (QED) is 0.246. The molecule has 9 nitrogen and oxygen atoms in total. The number of para-hydroxylation sites is 1. The first-order chi connectivity index (χ1) is 17.3. The lowest BCUT2D eigenvalue weighted by Crippen LogP contribution is -2.28. The van der Waals surface area contributed by atoms with Crippen molar-refractivity contribution in [2.24, 2.45) is 0 Å². The number of pyridine rings is 1. The van der Waals surface area contributed by atoms with Gasteiger partial charge in [0.15, 0.2) is 6.61 Å². The highest BCUT2D eigenvalue weighted by molar-refractivity contribution is 7.14. The van der Waals surface area contributed by atoms with Gasteiger partial charge in [-0.05, 0) is 31.2 Å². The van der Waals surface area contributed by atoms with Gasteiger partial charge in [0.1, 0.15) is 17.0 Å². The highest BCUT2D eigenvalue weighted by Gasteiger charge is 2.26. The lowest BCUT2D eigenvalue weighted by molar-refractivity contribution is -0.131. The molecule has 190 valence electrons. The molecule has 5 rings (SSSR count). The number of hydrogen-bond acceptors (Lipinski definition) is 7. The van der Waals surface area contributed by atoms with Crippen molar-refractivity contribution in [3.63, 3.8) is 0 Å². The average Bonchev–Trinajstić information content (AvgIpc) is 3.58. The Balaban J connectivity index is 0.00000320. The number of ether oxygens (including phenoxy) is 1. The van der Waals surface area contributed by atoms with E-state index in [-0.39, 0.29) is 35.4 Å². The van der Waals surface area contributed by atoms with E-state index in [9.17, 15) is 14.4 Å². The first-order valence-electron chi connectivity index (χ1n) is 11.2. The number of H-pyrrole nitrogens is 1. The topological polar surface area (TPSA) is 110 Å². The van der Waals surface area contributed by atoms with Gasteiger partial charge in [0.05, 0.1) is 28.7 Å². The number of nitrogens with zero attached hydrogens (tertiary/aromatic N) is 4. The summed E-state index contributed by atoms with van der Waals surface area (Å²) < 4.78 is 7.29. The Hall–Kier alpha value is -4.02. The molecule has 0 aliphatic rings. The first-order valence-corrected chi connectivity index (χ1v) is 12.0. The molecule has 0 unspecified atom stereocenters. The summed E-state index contributed by atoms with van der Waals surface area (Å²) in [7, 11) is 3.15. The van der Waals surface area contributed by atoms with Crippen LogP contribution in [0.25, 0.3) is 21.9 Å². The van der Waals surface area contributed by atoms with Crippen molar-refractivity contribution in [2.75, 3.05) is 20.7 Å². The molecule has 11 heteroatoms. The van der Waals surface area contributed by atoms with E-state index in [4.69, 9.17) is 4.74 Å². The molecule has 4 heterocycles. The second-order valence-corrected chi connectivity index (χ2v) is 9.66. The minimum atomic E-state index is -0.754. The number of esters is 1. The van der Waals surface area contributed by atoms with Gasteiger partial charge in [-0.15, -0.1) is 23.7 Å². The molecular formula is C26H24ClN5O4S. The Kier molecular flexibility index (Phi) is 7.42. The SMILES string of the molecule is Cc1nc2cnccc2n1Cc1ccc(C(=O)c2c(C(=O)OCC(=O)N(C)C)[nH]c3ccccc23)s1.Cl. The number of rotatable bonds is 7. The van der Waals surface area contributed by atoms with Gasteiger partial charge in [-0.1, -0.05) is 18.2 Å². The third-order valence-corrected chi connectivity index (χ3v) is 6.97. The second-order valence-electron chi connectivity index (χ2n) is 8.49. The van der Waals surface area contributed by atoms with Crippen molar-refractivity contribution in [1.29, 1.82) is 0 Å². The Morgan fingerprint density at radius 2 is 1.89 bits per heavy atom. The Labute approximate surface area is 222 Å². The monoisotopic (exact) mass is 537 g/mol. The van der Waals surface area contributed by atoms with Crippen molar-refractivity contribution >= 4 is 63.3 Å². The molecule has 4 aromatic heterocycles. The van der Waals surface area contributed by atoms with Crippen molar-refractivity contribution in [3.05, 3.63) is 81.7 Å². The predicted molar refractivity (Wildman–Crippen MR) is 144 cm³/mol. The molecule has 0 bridgehead atoms. The van der Waals surface area contributed by atoms with Crippen molar-refractivity contribution < 1.29 is 19.1 Å². The second kappa shape index (κ2) is 10.5. The summed E-state index contributed by atoms with van der Waals surface area (Å²) in [6.07, 6.45) is 3.46. The van der Waals surface area contributed by atoms with Crippen LogP contribution in [0, 0.1) is 6.92 Å². The lowest BCUT2D eigenvalue weighted by Gasteiger charge is -2.10. The summed E-state index contributed by atoms with van der Waals surface area (Å²) in [4.78, 5) is 52.9. The number of benzene rings is 1. The number of likely N-dealkylation sites (N-methyl/N-ethyl adjacent to an activating group) is 1. The van der Waals surface area contributed by atoms with Crippen LogP contribution in [0.1, 0.15) is 36.4 Å². The lowest BCUT2D eigenvalue weighted by atomic mass is 10.1. The number of aromatic amines is 1. The molecule has 0 atom stereocenters. The zero-order chi connectivity index (χ0) is 25.4. The van der Waals surface area contributed by atoms with Crippen LogP contribution in [-0.4, -0.2) is 62.8 Å². The molecule has 1 amide bonds. The van der Waals surface area contributed by atoms with Gasteiger partial charge in [-0.25, -0.2) is 9.78 Å². The van der Waals surface area contributed by atoms with E-state index in [1.165, 1.54) is 16.2 Å². The van der Waals surface area contributed by atoms with Crippen molar-refractivity contribution in [1.82, 2.24) is 24.4 Å². The van der Waals surface area contributed by atoms with E-state index < -0.39 is 12.6 Å². The summed E-state index contributed by atoms with van der Waals surface area (Å²) in [6, 6.07) is 12.8. The molecule has 5 aromatic rings. The van der Waals surface area contributed by atoms with Gasteiger partial charge in [0.2, 0.25) is 5.78 Å². The van der Waals surface area contributed by atoms with Crippen LogP contribution in [0.15, 0.2) is 54.9 Å². The molecule has 0 saturated carbocycles. The number of aryl methyl sites for hydroxylation is 1. The molecule has 0 radical (unpaired) electrons. The molecular weight excluding hydrogens is 514 g/mol. The van der Waals surface area contributed by atoms with Gasteiger partial charge < -0.3 is 19.2 Å². The zero-order valence-corrected chi connectivity index (χ0v) is 22.0. The minimum Gasteiger partial charge on any atom is -0.451 e. The fraction of sp³-hybridized carbons (Fsp3) is 0.192. The number of halogens is 1. The number of imidazole rings is 1.